The summed E-state index contributed by atoms with van der Waals surface area (Å²) in [5.74, 6) is 0.334. The molecule has 0 bridgehead atoms. The van der Waals surface area contributed by atoms with Crippen molar-refractivity contribution in [2.45, 2.75) is 44.2 Å². The molecule has 0 aromatic heterocycles. The van der Waals surface area contributed by atoms with E-state index in [9.17, 15) is 9.59 Å². The van der Waals surface area contributed by atoms with Crippen molar-refractivity contribution in [1.82, 2.24) is 14.7 Å². The molecule has 28 heavy (non-hydrogen) atoms. The number of hydrogen-bond acceptors (Lipinski definition) is 4. The molecular weight excluding hydrogens is 354 g/mol. The monoisotopic (exact) mass is 385 g/mol. The van der Waals surface area contributed by atoms with E-state index in [1.165, 1.54) is 6.42 Å². The summed E-state index contributed by atoms with van der Waals surface area (Å²) >= 11 is 0. The Morgan fingerprint density at radius 1 is 0.857 bits per heavy atom. The first-order valence-electron chi connectivity index (χ1n) is 10.7. The van der Waals surface area contributed by atoms with Gasteiger partial charge in [-0.15, -0.1) is 0 Å². The van der Waals surface area contributed by atoms with Gasteiger partial charge in [-0.2, -0.15) is 0 Å². The summed E-state index contributed by atoms with van der Waals surface area (Å²) in [6, 6.07) is 9.85. The van der Waals surface area contributed by atoms with Crippen LogP contribution >= 0.6 is 0 Å². The van der Waals surface area contributed by atoms with Crippen LogP contribution in [0.15, 0.2) is 30.3 Å². The summed E-state index contributed by atoms with van der Waals surface area (Å²) in [5.41, 5.74) is 1.05. The van der Waals surface area contributed by atoms with Gasteiger partial charge < -0.3 is 14.5 Å². The van der Waals surface area contributed by atoms with Gasteiger partial charge in [0.15, 0.2) is 0 Å². The molecule has 0 saturated carbocycles. The zero-order chi connectivity index (χ0) is 19.3. The number of benzene rings is 1. The number of amides is 2. The lowest BCUT2D eigenvalue weighted by molar-refractivity contribution is -0.145. The number of nitrogens with zero attached hydrogens (tertiary/aromatic N) is 3. The van der Waals surface area contributed by atoms with Crippen molar-refractivity contribution < 1.29 is 14.3 Å². The third kappa shape index (κ3) is 4.23. The Morgan fingerprint density at radius 2 is 1.57 bits per heavy atom. The topological polar surface area (TPSA) is 53.1 Å². The fourth-order valence-electron chi connectivity index (χ4n) is 4.61. The summed E-state index contributed by atoms with van der Waals surface area (Å²) in [5, 5.41) is 0. The van der Waals surface area contributed by atoms with Crippen LogP contribution in [-0.4, -0.2) is 78.5 Å². The molecule has 3 heterocycles. The number of carbonyl (C=O) groups is 2. The molecule has 6 heteroatoms. The number of piperazine rings is 1. The van der Waals surface area contributed by atoms with Gasteiger partial charge >= 0.3 is 0 Å². The molecule has 0 spiro atoms. The van der Waals surface area contributed by atoms with Crippen molar-refractivity contribution in [3.63, 3.8) is 0 Å². The maximum Gasteiger partial charge on any atom is 0.251 e. The molecule has 3 fully saturated rings. The second kappa shape index (κ2) is 9.05. The maximum absolute atomic E-state index is 13.4. The van der Waals surface area contributed by atoms with Gasteiger partial charge in [0, 0.05) is 45.9 Å². The van der Waals surface area contributed by atoms with Crippen molar-refractivity contribution in [1.29, 1.82) is 0 Å². The minimum atomic E-state index is -0.258. The number of piperidine rings is 1. The smallest absolute Gasteiger partial charge is 0.251 e. The zero-order valence-corrected chi connectivity index (χ0v) is 16.6. The highest BCUT2D eigenvalue weighted by atomic mass is 16.5. The van der Waals surface area contributed by atoms with E-state index >= 15 is 0 Å². The highest BCUT2D eigenvalue weighted by molar-refractivity contribution is 5.84. The standard InChI is InChI=1S/C22H31N3O3/c26-21(19-10-7-17-28-19)25-15-13-23(14-16-25)20(18-8-3-1-4-9-18)22(27)24-11-5-2-6-12-24/h1,3-4,8-9,19-20H,2,5-7,10-17H2/t19-,20+/m1/s1. The fraction of sp³-hybridized carbons (Fsp3) is 0.636. The van der Waals surface area contributed by atoms with Crippen LogP contribution in [0, 0.1) is 0 Å². The van der Waals surface area contributed by atoms with E-state index < -0.39 is 0 Å². The molecule has 0 unspecified atom stereocenters. The van der Waals surface area contributed by atoms with E-state index in [4.69, 9.17) is 4.74 Å². The highest BCUT2D eigenvalue weighted by Gasteiger charge is 2.36. The van der Waals surface area contributed by atoms with Crippen molar-refractivity contribution in [2.24, 2.45) is 0 Å². The molecule has 1 aromatic rings. The van der Waals surface area contributed by atoms with Gasteiger partial charge in [-0.1, -0.05) is 30.3 Å². The first-order chi connectivity index (χ1) is 13.7. The van der Waals surface area contributed by atoms with Crippen LogP contribution in [0.25, 0.3) is 0 Å². The van der Waals surface area contributed by atoms with E-state index in [0.717, 1.165) is 57.4 Å². The second-order valence-corrected chi connectivity index (χ2v) is 8.06. The summed E-state index contributed by atoms with van der Waals surface area (Å²) in [4.78, 5) is 32.2. The minimum absolute atomic E-state index is 0.121. The molecule has 6 nitrogen and oxygen atoms in total. The molecule has 4 rings (SSSR count). The Kier molecular flexibility index (Phi) is 6.27. The lowest BCUT2D eigenvalue weighted by Crippen LogP contribution is -2.54. The first-order valence-corrected chi connectivity index (χ1v) is 10.7. The van der Waals surface area contributed by atoms with Crippen LogP contribution in [0.2, 0.25) is 0 Å². The van der Waals surface area contributed by atoms with Gasteiger partial charge in [-0.3, -0.25) is 14.5 Å². The molecule has 3 aliphatic rings. The predicted octanol–water partition coefficient (Wildman–Crippen LogP) is 2.06. The molecule has 3 aliphatic heterocycles. The number of carbonyl (C=O) groups excluding carboxylic acids is 2. The summed E-state index contributed by atoms with van der Waals surface area (Å²) < 4.78 is 5.56. The highest BCUT2D eigenvalue weighted by Crippen LogP contribution is 2.27. The van der Waals surface area contributed by atoms with E-state index in [-0.39, 0.29) is 24.0 Å². The summed E-state index contributed by atoms with van der Waals surface area (Å²) in [7, 11) is 0. The quantitative estimate of drug-likeness (QED) is 0.796. The van der Waals surface area contributed by atoms with E-state index in [1.807, 2.05) is 28.0 Å². The summed E-state index contributed by atoms with van der Waals surface area (Å²) in [6.07, 6.45) is 4.94. The first kappa shape index (κ1) is 19.4. The van der Waals surface area contributed by atoms with Gasteiger partial charge in [-0.05, 0) is 37.7 Å². The number of likely N-dealkylation sites (tertiary alicyclic amines) is 1. The number of hydrogen-bond donors (Lipinski definition) is 0. The van der Waals surface area contributed by atoms with Crippen LogP contribution in [0.1, 0.15) is 43.7 Å². The third-order valence-electron chi connectivity index (χ3n) is 6.21. The minimum Gasteiger partial charge on any atom is -0.368 e. The third-order valence-corrected chi connectivity index (χ3v) is 6.21. The van der Waals surface area contributed by atoms with Gasteiger partial charge in [0.2, 0.25) is 5.91 Å². The van der Waals surface area contributed by atoms with Crippen molar-refractivity contribution in [3.8, 4) is 0 Å². The Labute approximate surface area is 167 Å². The van der Waals surface area contributed by atoms with Crippen LogP contribution in [0.4, 0.5) is 0 Å². The molecule has 0 N–H and O–H groups in total. The molecule has 152 valence electrons. The van der Waals surface area contributed by atoms with Crippen molar-refractivity contribution >= 4 is 11.8 Å². The molecule has 0 aliphatic carbocycles. The van der Waals surface area contributed by atoms with Gasteiger partial charge in [0.1, 0.15) is 12.1 Å². The van der Waals surface area contributed by atoms with Crippen LogP contribution in [-0.2, 0) is 14.3 Å². The molecule has 2 amide bonds. The van der Waals surface area contributed by atoms with E-state index in [1.54, 1.807) is 0 Å². The van der Waals surface area contributed by atoms with E-state index in [0.29, 0.717) is 19.7 Å². The number of rotatable bonds is 4. The van der Waals surface area contributed by atoms with Gasteiger partial charge in [0.05, 0.1) is 0 Å². The van der Waals surface area contributed by atoms with Crippen molar-refractivity contribution in [3.05, 3.63) is 35.9 Å². The molecule has 3 saturated heterocycles. The molecule has 1 aromatic carbocycles. The SMILES string of the molecule is O=C([C@H](c1ccccc1)N1CCN(C(=O)[C@H]2CCCO2)CC1)N1CCCCC1. The van der Waals surface area contributed by atoms with Crippen molar-refractivity contribution in [2.75, 3.05) is 45.9 Å². The van der Waals surface area contributed by atoms with E-state index in [2.05, 4.69) is 17.0 Å². The predicted molar refractivity (Wildman–Crippen MR) is 107 cm³/mol. The number of ether oxygens (including phenoxy) is 1. The summed E-state index contributed by atoms with van der Waals surface area (Å²) in [6.45, 7) is 5.18. The Balaban J connectivity index is 1.45. The molecular formula is C22H31N3O3. The average Bonchev–Trinajstić information content (AvgIpc) is 3.30. The Morgan fingerprint density at radius 3 is 2.21 bits per heavy atom. The van der Waals surface area contributed by atoms with Gasteiger partial charge in [-0.25, -0.2) is 0 Å². The maximum atomic E-state index is 13.4. The molecule has 0 radical (unpaired) electrons. The largest absolute Gasteiger partial charge is 0.368 e. The van der Waals surface area contributed by atoms with Crippen LogP contribution < -0.4 is 0 Å². The van der Waals surface area contributed by atoms with Crippen LogP contribution in [0.5, 0.6) is 0 Å². The second-order valence-electron chi connectivity index (χ2n) is 8.06. The Hall–Kier alpha value is -1.92. The van der Waals surface area contributed by atoms with Gasteiger partial charge in [0.25, 0.3) is 5.91 Å². The Bertz CT molecular complexity index is 661. The fourth-order valence-corrected chi connectivity index (χ4v) is 4.61. The zero-order valence-electron chi connectivity index (χ0n) is 16.6. The van der Waals surface area contributed by atoms with Crippen LogP contribution in [0.3, 0.4) is 0 Å². The molecule has 2 atom stereocenters. The normalized spacial score (nSPS) is 24.9. The average molecular weight is 386 g/mol. The lowest BCUT2D eigenvalue weighted by atomic mass is 10.0. The lowest BCUT2D eigenvalue weighted by Gasteiger charge is -2.41.